The number of primary amides is 1. The molecule has 1 aromatic carbocycles. The molecule has 0 atom stereocenters. The third-order valence-electron chi connectivity index (χ3n) is 3.08. The highest BCUT2D eigenvalue weighted by atomic mass is 16.4. The Hall–Kier alpha value is -2.57. The van der Waals surface area contributed by atoms with Gasteiger partial charge in [0, 0.05) is 13.0 Å². The van der Waals surface area contributed by atoms with Gasteiger partial charge in [-0.25, -0.2) is 9.59 Å². The minimum atomic E-state index is -1.04. The molecular formula is C13H15N3O4. The smallest absolute Gasteiger partial charge is 0.335 e. The lowest BCUT2D eigenvalue weighted by atomic mass is 10.2. The number of nitrogens with zero attached hydrogens (tertiary/aromatic N) is 1. The predicted molar refractivity (Wildman–Crippen MR) is 72.6 cm³/mol. The number of carbonyl (C=O) groups is 2. The van der Waals surface area contributed by atoms with Gasteiger partial charge in [-0.15, -0.1) is 0 Å². The Morgan fingerprint density at radius 1 is 1.30 bits per heavy atom. The molecule has 7 nitrogen and oxygen atoms in total. The van der Waals surface area contributed by atoms with E-state index in [4.69, 9.17) is 10.8 Å². The zero-order valence-corrected chi connectivity index (χ0v) is 10.8. The van der Waals surface area contributed by atoms with E-state index in [2.05, 4.69) is 4.98 Å². The van der Waals surface area contributed by atoms with Crippen molar-refractivity contribution in [1.29, 1.82) is 0 Å². The van der Waals surface area contributed by atoms with Crippen LogP contribution in [0.1, 0.15) is 29.6 Å². The molecule has 0 aliphatic rings. The van der Waals surface area contributed by atoms with Crippen LogP contribution in [0.25, 0.3) is 11.0 Å². The molecule has 4 N–H and O–H groups in total. The van der Waals surface area contributed by atoms with Gasteiger partial charge in [-0.3, -0.25) is 9.36 Å². The molecule has 0 unspecified atom stereocenters. The minimum absolute atomic E-state index is 0.125. The van der Waals surface area contributed by atoms with Crippen LogP contribution in [0.15, 0.2) is 23.0 Å². The van der Waals surface area contributed by atoms with Crippen LogP contribution in [0, 0.1) is 0 Å². The molecule has 106 valence electrons. The third-order valence-corrected chi connectivity index (χ3v) is 3.08. The second kappa shape index (κ2) is 5.60. The van der Waals surface area contributed by atoms with Crippen molar-refractivity contribution >= 4 is 22.9 Å². The van der Waals surface area contributed by atoms with Gasteiger partial charge in [0.2, 0.25) is 5.91 Å². The summed E-state index contributed by atoms with van der Waals surface area (Å²) in [6, 6.07) is 4.49. The van der Waals surface area contributed by atoms with Gasteiger partial charge >= 0.3 is 11.7 Å². The van der Waals surface area contributed by atoms with E-state index < -0.39 is 5.97 Å². The lowest BCUT2D eigenvalue weighted by Gasteiger charge is -2.03. The molecular weight excluding hydrogens is 262 g/mol. The summed E-state index contributed by atoms with van der Waals surface area (Å²) in [6.45, 7) is 0.457. The highest BCUT2D eigenvalue weighted by Gasteiger charge is 2.10. The molecule has 20 heavy (non-hydrogen) atoms. The van der Waals surface area contributed by atoms with Crippen molar-refractivity contribution in [2.45, 2.75) is 25.8 Å². The first-order valence-corrected chi connectivity index (χ1v) is 6.23. The number of imidazole rings is 1. The summed E-state index contributed by atoms with van der Waals surface area (Å²) in [4.78, 5) is 35.9. The van der Waals surface area contributed by atoms with Crippen LogP contribution in [-0.2, 0) is 11.3 Å². The number of carboxylic acid groups (broad SMARTS) is 1. The number of amides is 1. The van der Waals surface area contributed by atoms with Gasteiger partial charge in [0.15, 0.2) is 0 Å². The second-order valence-corrected chi connectivity index (χ2v) is 4.54. The second-order valence-electron chi connectivity index (χ2n) is 4.54. The number of aromatic amines is 1. The lowest BCUT2D eigenvalue weighted by molar-refractivity contribution is -0.118. The lowest BCUT2D eigenvalue weighted by Crippen LogP contribution is -2.17. The SMILES string of the molecule is NC(=O)CCCCn1c(=O)[nH]c2cc(C(=O)O)ccc21. The highest BCUT2D eigenvalue weighted by molar-refractivity contribution is 5.92. The number of rotatable bonds is 6. The Morgan fingerprint density at radius 2 is 2.05 bits per heavy atom. The van der Waals surface area contributed by atoms with E-state index in [0.29, 0.717) is 36.8 Å². The van der Waals surface area contributed by atoms with Crippen molar-refractivity contribution in [2.75, 3.05) is 0 Å². The van der Waals surface area contributed by atoms with Gasteiger partial charge in [0.05, 0.1) is 16.6 Å². The number of aromatic carboxylic acids is 1. The maximum absolute atomic E-state index is 11.8. The molecule has 2 rings (SSSR count). The molecule has 0 aliphatic carbocycles. The Morgan fingerprint density at radius 3 is 2.70 bits per heavy atom. The van der Waals surface area contributed by atoms with E-state index in [1.54, 1.807) is 6.07 Å². The average molecular weight is 277 g/mol. The number of unbranched alkanes of at least 4 members (excludes halogenated alkanes) is 1. The van der Waals surface area contributed by atoms with E-state index in [1.165, 1.54) is 16.7 Å². The zero-order chi connectivity index (χ0) is 14.7. The van der Waals surface area contributed by atoms with Crippen molar-refractivity contribution < 1.29 is 14.7 Å². The summed E-state index contributed by atoms with van der Waals surface area (Å²) in [5.41, 5.74) is 6.03. The molecule has 1 aromatic heterocycles. The molecule has 0 saturated heterocycles. The van der Waals surface area contributed by atoms with Gasteiger partial charge in [0.1, 0.15) is 0 Å². The molecule has 0 bridgehead atoms. The molecule has 7 heteroatoms. The topological polar surface area (TPSA) is 118 Å². The van der Waals surface area contributed by atoms with E-state index in [1.807, 2.05) is 0 Å². The summed E-state index contributed by atoms with van der Waals surface area (Å²) in [6.07, 6.45) is 1.55. The Labute approximate surface area is 114 Å². The number of hydrogen-bond donors (Lipinski definition) is 3. The number of aryl methyl sites for hydroxylation is 1. The maximum Gasteiger partial charge on any atom is 0.335 e. The first-order chi connectivity index (χ1) is 9.49. The van der Waals surface area contributed by atoms with Crippen molar-refractivity contribution in [1.82, 2.24) is 9.55 Å². The third kappa shape index (κ3) is 2.87. The highest BCUT2D eigenvalue weighted by Crippen LogP contribution is 2.13. The van der Waals surface area contributed by atoms with Crippen LogP contribution in [0.2, 0.25) is 0 Å². The van der Waals surface area contributed by atoms with Gasteiger partial charge < -0.3 is 15.8 Å². The number of carbonyl (C=O) groups excluding carboxylic acids is 1. The van der Waals surface area contributed by atoms with Crippen molar-refractivity contribution in [2.24, 2.45) is 5.73 Å². The largest absolute Gasteiger partial charge is 0.478 e. The molecule has 1 amide bonds. The fourth-order valence-electron chi connectivity index (χ4n) is 2.09. The number of aromatic nitrogens is 2. The van der Waals surface area contributed by atoms with Gasteiger partial charge in [-0.2, -0.15) is 0 Å². The Balaban J connectivity index is 2.21. The first-order valence-electron chi connectivity index (χ1n) is 6.23. The summed E-state index contributed by atoms with van der Waals surface area (Å²) >= 11 is 0. The van der Waals surface area contributed by atoms with Crippen LogP contribution in [0.4, 0.5) is 0 Å². The number of fused-ring (bicyclic) bond motifs is 1. The summed E-state index contributed by atoms with van der Waals surface area (Å²) in [5.74, 6) is -1.40. The molecule has 0 radical (unpaired) electrons. The summed E-state index contributed by atoms with van der Waals surface area (Å²) < 4.78 is 1.53. The summed E-state index contributed by atoms with van der Waals surface area (Å²) in [5, 5.41) is 8.90. The molecule has 0 spiro atoms. The molecule has 0 saturated carbocycles. The summed E-state index contributed by atoms with van der Waals surface area (Å²) in [7, 11) is 0. The molecule has 1 heterocycles. The van der Waals surface area contributed by atoms with Crippen LogP contribution >= 0.6 is 0 Å². The predicted octanol–water partition coefficient (Wildman–Crippen LogP) is 0.683. The van der Waals surface area contributed by atoms with Gasteiger partial charge in [-0.1, -0.05) is 0 Å². The van der Waals surface area contributed by atoms with Crippen molar-refractivity contribution in [3.63, 3.8) is 0 Å². The first kappa shape index (κ1) is 13.9. The minimum Gasteiger partial charge on any atom is -0.478 e. The van der Waals surface area contributed by atoms with E-state index in [-0.39, 0.29) is 17.2 Å². The quantitative estimate of drug-likeness (QED) is 0.673. The van der Waals surface area contributed by atoms with Crippen LogP contribution in [0.5, 0.6) is 0 Å². The molecule has 0 fully saturated rings. The fourth-order valence-corrected chi connectivity index (χ4v) is 2.09. The standard InChI is InChI=1S/C13H15N3O4/c14-11(17)3-1-2-6-16-10-5-4-8(12(18)19)7-9(10)15-13(16)20/h4-5,7H,1-3,6H2,(H2,14,17)(H,15,20)(H,18,19). The van der Waals surface area contributed by atoms with Crippen molar-refractivity contribution in [3.8, 4) is 0 Å². The Bertz CT molecular complexity index is 714. The van der Waals surface area contributed by atoms with E-state index in [9.17, 15) is 14.4 Å². The number of benzene rings is 1. The zero-order valence-electron chi connectivity index (χ0n) is 10.8. The number of hydrogen-bond acceptors (Lipinski definition) is 3. The molecule has 0 aliphatic heterocycles. The average Bonchev–Trinajstić information content (AvgIpc) is 2.69. The Kier molecular flexibility index (Phi) is 3.88. The normalized spacial score (nSPS) is 10.8. The number of nitrogens with one attached hydrogen (secondary N) is 1. The van der Waals surface area contributed by atoms with E-state index >= 15 is 0 Å². The number of H-pyrrole nitrogens is 1. The monoisotopic (exact) mass is 277 g/mol. The van der Waals surface area contributed by atoms with Crippen LogP contribution in [-0.4, -0.2) is 26.5 Å². The number of carboxylic acids is 1. The van der Waals surface area contributed by atoms with Gasteiger partial charge in [0.25, 0.3) is 0 Å². The molecule has 2 aromatic rings. The number of nitrogens with two attached hydrogens (primary N) is 1. The van der Waals surface area contributed by atoms with Crippen LogP contribution in [0.3, 0.4) is 0 Å². The van der Waals surface area contributed by atoms with Crippen LogP contribution < -0.4 is 11.4 Å². The van der Waals surface area contributed by atoms with E-state index in [0.717, 1.165) is 0 Å². The maximum atomic E-state index is 11.8. The van der Waals surface area contributed by atoms with Crippen molar-refractivity contribution in [3.05, 3.63) is 34.2 Å². The fraction of sp³-hybridized carbons (Fsp3) is 0.308. The van der Waals surface area contributed by atoms with Gasteiger partial charge in [-0.05, 0) is 31.0 Å².